The lowest BCUT2D eigenvalue weighted by Crippen LogP contribution is -2.19. The molecular weight excluding hydrogens is 373 g/mol. The van der Waals surface area contributed by atoms with Crippen LogP contribution in [0.3, 0.4) is 0 Å². The topological polar surface area (TPSA) is 26.3 Å². The minimum Gasteiger partial charge on any atom is -0.488 e. The molecule has 0 bridgehead atoms. The lowest BCUT2D eigenvalue weighted by atomic mass is 9.97. The first-order chi connectivity index (χ1) is 10.9. The van der Waals surface area contributed by atoms with Crippen molar-refractivity contribution in [3.8, 4) is 5.75 Å². The molecule has 1 aliphatic rings. The number of halogens is 4. The molecular formula is C17H10BrF3O2. The average molecular weight is 383 g/mol. The number of Topliss-reactive ketones (excluding diaryl/α,β-unsaturated/α-hetero) is 1. The van der Waals surface area contributed by atoms with Gasteiger partial charge in [-0.15, -0.1) is 0 Å². The lowest BCUT2D eigenvalue weighted by Gasteiger charge is -2.19. The van der Waals surface area contributed by atoms with E-state index in [9.17, 15) is 18.0 Å². The van der Waals surface area contributed by atoms with E-state index in [4.69, 9.17) is 4.74 Å². The molecule has 0 saturated heterocycles. The molecule has 3 rings (SSSR count). The number of ether oxygens (including phenoxy) is 1. The maximum absolute atomic E-state index is 13.0. The Morgan fingerprint density at radius 3 is 2.61 bits per heavy atom. The van der Waals surface area contributed by atoms with Crippen LogP contribution >= 0.6 is 15.9 Å². The number of hydrogen-bond acceptors (Lipinski definition) is 2. The van der Waals surface area contributed by atoms with Gasteiger partial charge in [0, 0.05) is 10.0 Å². The third-order valence-corrected chi connectivity index (χ3v) is 3.95. The van der Waals surface area contributed by atoms with Gasteiger partial charge in [0.2, 0.25) is 0 Å². The summed E-state index contributed by atoms with van der Waals surface area (Å²) in [7, 11) is 0. The van der Waals surface area contributed by atoms with Gasteiger partial charge in [-0.2, -0.15) is 13.2 Å². The standard InChI is InChI=1S/C17H10BrF3O2/c18-12-5-6-15-13(8-12)16(22)11(9-23-15)7-10-3-1-2-4-14(10)17(19,20)21/h1-8H,9H2/b11-7+. The molecule has 0 atom stereocenters. The average Bonchev–Trinajstić information content (AvgIpc) is 2.50. The molecule has 0 radical (unpaired) electrons. The second-order valence-corrected chi connectivity index (χ2v) is 5.93. The van der Waals surface area contributed by atoms with E-state index in [1.54, 1.807) is 18.2 Å². The molecule has 2 aromatic carbocycles. The zero-order valence-corrected chi connectivity index (χ0v) is 13.2. The molecule has 0 unspecified atom stereocenters. The Balaban J connectivity index is 2.04. The Hall–Kier alpha value is -2.08. The summed E-state index contributed by atoms with van der Waals surface area (Å²) in [6, 6.07) is 10.1. The van der Waals surface area contributed by atoms with Gasteiger partial charge in [-0.05, 0) is 35.9 Å². The first-order valence-electron chi connectivity index (χ1n) is 6.70. The quantitative estimate of drug-likeness (QED) is 0.639. The van der Waals surface area contributed by atoms with Gasteiger partial charge in [-0.25, -0.2) is 0 Å². The molecule has 0 saturated carbocycles. The number of carbonyl (C=O) groups excluding carboxylic acids is 1. The Morgan fingerprint density at radius 1 is 1.13 bits per heavy atom. The highest BCUT2D eigenvalue weighted by atomic mass is 79.9. The summed E-state index contributed by atoms with van der Waals surface area (Å²) in [5, 5.41) is 0. The fourth-order valence-electron chi connectivity index (χ4n) is 2.38. The van der Waals surface area contributed by atoms with Gasteiger partial charge in [0.05, 0.1) is 11.1 Å². The number of benzene rings is 2. The number of hydrogen-bond donors (Lipinski definition) is 0. The number of ketones is 1. The van der Waals surface area contributed by atoms with Gasteiger partial charge in [0.1, 0.15) is 12.4 Å². The van der Waals surface area contributed by atoms with Crippen LogP contribution in [0, 0.1) is 0 Å². The van der Waals surface area contributed by atoms with Gasteiger partial charge >= 0.3 is 6.18 Å². The highest BCUT2D eigenvalue weighted by Gasteiger charge is 2.33. The summed E-state index contributed by atoms with van der Waals surface area (Å²) < 4.78 is 45.3. The van der Waals surface area contributed by atoms with E-state index < -0.39 is 11.7 Å². The van der Waals surface area contributed by atoms with E-state index in [2.05, 4.69) is 15.9 Å². The SMILES string of the molecule is O=C1/C(=C/c2ccccc2C(F)(F)F)COc2ccc(Br)cc21. The predicted molar refractivity (Wildman–Crippen MR) is 83.4 cm³/mol. The van der Waals surface area contributed by atoms with Crippen LogP contribution in [-0.4, -0.2) is 12.4 Å². The smallest absolute Gasteiger partial charge is 0.416 e. The van der Waals surface area contributed by atoms with Gasteiger partial charge < -0.3 is 4.74 Å². The van der Waals surface area contributed by atoms with Gasteiger partial charge in [0.25, 0.3) is 0 Å². The van der Waals surface area contributed by atoms with Crippen molar-refractivity contribution < 1.29 is 22.7 Å². The highest BCUT2D eigenvalue weighted by Crippen LogP contribution is 2.34. The summed E-state index contributed by atoms with van der Waals surface area (Å²) in [6.07, 6.45) is -3.23. The maximum atomic E-state index is 13.0. The van der Waals surface area contributed by atoms with Gasteiger partial charge in [-0.1, -0.05) is 34.1 Å². The predicted octanol–water partition coefficient (Wildman–Crippen LogP) is 5.13. The molecule has 23 heavy (non-hydrogen) atoms. The summed E-state index contributed by atoms with van der Waals surface area (Å²) >= 11 is 3.27. The second kappa shape index (κ2) is 5.85. The molecule has 0 aromatic heterocycles. The third-order valence-electron chi connectivity index (χ3n) is 3.46. The largest absolute Gasteiger partial charge is 0.488 e. The minimum atomic E-state index is -4.48. The molecule has 0 aliphatic carbocycles. The molecule has 118 valence electrons. The van der Waals surface area contributed by atoms with E-state index in [0.717, 1.165) is 6.07 Å². The lowest BCUT2D eigenvalue weighted by molar-refractivity contribution is -0.137. The zero-order valence-electron chi connectivity index (χ0n) is 11.7. The molecule has 1 aliphatic heterocycles. The van der Waals surface area contributed by atoms with E-state index in [0.29, 0.717) is 15.8 Å². The van der Waals surface area contributed by atoms with Crippen LogP contribution in [0.15, 0.2) is 52.5 Å². The second-order valence-electron chi connectivity index (χ2n) is 5.01. The summed E-state index contributed by atoms with van der Waals surface area (Å²) in [5.74, 6) is 0.101. The Bertz CT molecular complexity index is 810. The van der Waals surface area contributed by atoms with Crippen LogP contribution < -0.4 is 4.74 Å². The number of alkyl halides is 3. The van der Waals surface area contributed by atoms with Crippen LogP contribution in [0.4, 0.5) is 13.2 Å². The molecule has 1 heterocycles. The Morgan fingerprint density at radius 2 is 1.87 bits per heavy atom. The molecule has 0 N–H and O–H groups in total. The van der Waals surface area contributed by atoms with Crippen molar-refractivity contribution in [2.45, 2.75) is 6.18 Å². The summed E-state index contributed by atoms with van der Waals surface area (Å²) in [6.45, 7) is -0.0559. The highest BCUT2D eigenvalue weighted by molar-refractivity contribution is 9.10. The normalized spacial score (nSPS) is 16.2. The fourth-order valence-corrected chi connectivity index (χ4v) is 2.74. The molecule has 0 amide bonds. The van der Waals surface area contributed by atoms with Gasteiger partial charge in [0.15, 0.2) is 5.78 Å². The Kier molecular flexibility index (Phi) is 4.02. The number of fused-ring (bicyclic) bond motifs is 1. The molecule has 6 heteroatoms. The van der Waals surface area contributed by atoms with Crippen molar-refractivity contribution in [2.24, 2.45) is 0 Å². The molecule has 0 fully saturated rings. The third kappa shape index (κ3) is 3.17. The fraction of sp³-hybridized carbons (Fsp3) is 0.118. The minimum absolute atomic E-state index is 0.0506. The van der Waals surface area contributed by atoms with Crippen molar-refractivity contribution in [1.29, 1.82) is 0 Å². The molecule has 2 nitrogen and oxygen atoms in total. The Labute approximate surface area is 138 Å². The summed E-state index contributed by atoms with van der Waals surface area (Å²) in [5.41, 5.74) is -0.306. The van der Waals surface area contributed by atoms with Crippen molar-refractivity contribution in [3.05, 3.63) is 69.2 Å². The van der Waals surface area contributed by atoms with Crippen LogP contribution in [0.1, 0.15) is 21.5 Å². The van der Waals surface area contributed by atoms with Crippen molar-refractivity contribution >= 4 is 27.8 Å². The van der Waals surface area contributed by atoms with Crippen LogP contribution in [0.5, 0.6) is 5.75 Å². The molecule has 0 spiro atoms. The first-order valence-corrected chi connectivity index (χ1v) is 7.49. The van der Waals surface area contributed by atoms with E-state index >= 15 is 0 Å². The van der Waals surface area contributed by atoms with Crippen LogP contribution in [-0.2, 0) is 6.18 Å². The van der Waals surface area contributed by atoms with Gasteiger partial charge in [-0.3, -0.25) is 4.79 Å². The van der Waals surface area contributed by atoms with E-state index in [-0.39, 0.29) is 23.5 Å². The van der Waals surface area contributed by atoms with Crippen molar-refractivity contribution in [1.82, 2.24) is 0 Å². The first kappa shape index (κ1) is 15.8. The summed E-state index contributed by atoms with van der Waals surface area (Å²) in [4.78, 5) is 12.5. The van der Waals surface area contributed by atoms with E-state index in [1.807, 2.05) is 0 Å². The molecule has 2 aromatic rings. The van der Waals surface area contributed by atoms with Crippen LogP contribution in [0.25, 0.3) is 6.08 Å². The maximum Gasteiger partial charge on any atom is 0.416 e. The number of rotatable bonds is 1. The van der Waals surface area contributed by atoms with Crippen molar-refractivity contribution in [2.75, 3.05) is 6.61 Å². The number of carbonyl (C=O) groups is 1. The van der Waals surface area contributed by atoms with Crippen LogP contribution in [0.2, 0.25) is 0 Å². The zero-order chi connectivity index (χ0) is 16.6. The van der Waals surface area contributed by atoms with Crippen molar-refractivity contribution in [3.63, 3.8) is 0 Å². The van der Waals surface area contributed by atoms with E-state index in [1.165, 1.54) is 24.3 Å². The monoisotopic (exact) mass is 382 g/mol.